The minimum Gasteiger partial charge on any atom is -0.481 e. The van der Waals surface area contributed by atoms with Gasteiger partial charge < -0.3 is 9.51 Å². The van der Waals surface area contributed by atoms with Crippen LogP contribution in [0.3, 0.4) is 0 Å². The number of aromatic nitrogens is 2. The van der Waals surface area contributed by atoms with Crippen molar-refractivity contribution >= 4 is 11.6 Å². The molecule has 0 atom stereocenters. The van der Waals surface area contributed by atoms with Crippen LogP contribution in [0.1, 0.15) is 35.8 Å². The molecule has 3 rings (SSSR count). The number of rotatable bonds is 3. The van der Waals surface area contributed by atoms with E-state index in [1.807, 2.05) is 29.5 Å². The molecule has 0 amide bonds. The van der Waals surface area contributed by atoms with Gasteiger partial charge in [0.1, 0.15) is 5.65 Å². The maximum Gasteiger partial charge on any atom is 0.309 e. The van der Waals surface area contributed by atoms with Gasteiger partial charge in [0.2, 0.25) is 0 Å². The number of carboxylic acid groups (broad SMARTS) is 1. The van der Waals surface area contributed by atoms with Crippen molar-refractivity contribution in [2.24, 2.45) is 0 Å². The third-order valence-electron chi connectivity index (χ3n) is 3.29. The molecule has 1 fully saturated rings. The molecule has 4 nitrogen and oxygen atoms in total. The number of nitrogens with zero attached hydrogens (tertiary/aromatic N) is 2. The van der Waals surface area contributed by atoms with Gasteiger partial charge in [0.15, 0.2) is 0 Å². The van der Waals surface area contributed by atoms with Crippen LogP contribution >= 0.6 is 0 Å². The Morgan fingerprint density at radius 2 is 2.29 bits per heavy atom. The third kappa shape index (κ3) is 1.69. The predicted octanol–water partition coefficient (Wildman–Crippen LogP) is 2.15. The van der Waals surface area contributed by atoms with Crippen LogP contribution in [0.15, 0.2) is 18.2 Å². The molecule has 0 saturated heterocycles. The van der Waals surface area contributed by atoms with E-state index in [0.29, 0.717) is 5.92 Å². The topological polar surface area (TPSA) is 54.6 Å². The molecule has 0 bridgehead atoms. The van der Waals surface area contributed by atoms with Crippen LogP contribution in [0.2, 0.25) is 0 Å². The number of hydrogen-bond donors (Lipinski definition) is 1. The summed E-state index contributed by atoms with van der Waals surface area (Å²) in [4.78, 5) is 15.5. The average molecular weight is 230 g/mol. The first kappa shape index (κ1) is 10.3. The van der Waals surface area contributed by atoms with Gasteiger partial charge in [-0.15, -0.1) is 0 Å². The predicted molar refractivity (Wildman–Crippen MR) is 63.2 cm³/mol. The molecule has 2 heterocycles. The van der Waals surface area contributed by atoms with E-state index in [1.165, 1.54) is 12.8 Å². The summed E-state index contributed by atoms with van der Waals surface area (Å²) in [7, 11) is 0. The standard InChI is InChI=1S/C13H14N2O2/c1-8-13(9-5-6-9)14-11-4-2-3-10(15(8)11)7-12(16)17/h2-4,9H,5-7H2,1H3,(H,16,17). The number of carboxylic acids is 1. The molecule has 2 aromatic rings. The van der Waals surface area contributed by atoms with Crippen LogP contribution in [-0.2, 0) is 11.2 Å². The second kappa shape index (κ2) is 3.58. The Bertz CT molecular complexity index is 597. The van der Waals surface area contributed by atoms with Crippen molar-refractivity contribution in [2.75, 3.05) is 0 Å². The van der Waals surface area contributed by atoms with Gasteiger partial charge >= 0.3 is 5.97 Å². The smallest absolute Gasteiger partial charge is 0.309 e. The molecule has 0 radical (unpaired) electrons. The lowest BCUT2D eigenvalue weighted by Crippen LogP contribution is -2.06. The first-order valence-corrected chi connectivity index (χ1v) is 5.85. The Morgan fingerprint density at radius 1 is 1.53 bits per heavy atom. The summed E-state index contributed by atoms with van der Waals surface area (Å²) in [6.07, 6.45) is 2.45. The Labute approximate surface area is 98.9 Å². The zero-order valence-corrected chi connectivity index (χ0v) is 9.68. The van der Waals surface area contributed by atoms with E-state index in [2.05, 4.69) is 4.98 Å². The number of hydrogen-bond acceptors (Lipinski definition) is 2. The number of fused-ring (bicyclic) bond motifs is 1. The monoisotopic (exact) mass is 230 g/mol. The second-order valence-electron chi connectivity index (χ2n) is 4.64. The Hall–Kier alpha value is -1.84. The molecule has 88 valence electrons. The van der Waals surface area contributed by atoms with Gasteiger partial charge in [-0.3, -0.25) is 4.79 Å². The maximum absolute atomic E-state index is 10.8. The van der Waals surface area contributed by atoms with Crippen molar-refractivity contribution in [3.8, 4) is 0 Å². The van der Waals surface area contributed by atoms with Crippen molar-refractivity contribution in [1.29, 1.82) is 0 Å². The van der Waals surface area contributed by atoms with Crippen molar-refractivity contribution < 1.29 is 9.90 Å². The van der Waals surface area contributed by atoms with E-state index in [1.54, 1.807) is 0 Å². The highest BCUT2D eigenvalue weighted by atomic mass is 16.4. The highest BCUT2D eigenvalue weighted by Gasteiger charge is 2.29. The first-order chi connectivity index (χ1) is 8.16. The lowest BCUT2D eigenvalue weighted by atomic mass is 10.2. The Morgan fingerprint density at radius 3 is 2.94 bits per heavy atom. The quantitative estimate of drug-likeness (QED) is 0.879. The molecule has 1 aliphatic rings. The number of aryl methyl sites for hydroxylation is 1. The molecule has 1 saturated carbocycles. The van der Waals surface area contributed by atoms with E-state index < -0.39 is 5.97 Å². The molecule has 0 aliphatic heterocycles. The van der Waals surface area contributed by atoms with Crippen molar-refractivity contribution in [3.05, 3.63) is 35.3 Å². The van der Waals surface area contributed by atoms with Gasteiger partial charge in [-0.05, 0) is 31.9 Å². The summed E-state index contributed by atoms with van der Waals surface area (Å²) in [6, 6.07) is 5.66. The summed E-state index contributed by atoms with van der Waals surface area (Å²) in [5.41, 5.74) is 3.90. The summed E-state index contributed by atoms with van der Waals surface area (Å²) < 4.78 is 1.97. The van der Waals surface area contributed by atoms with E-state index >= 15 is 0 Å². The van der Waals surface area contributed by atoms with Gasteiger partial charge in [-0.2, -0.15) is 0 Å². The van der Waals surface area contributed by atoms with E-state index in [0.717, 1.165) is 22.7 Å². The summed E-state index contributed by atoms with van der Waals surface area (Å²) in [6.45, 7) is 2.03. The van der Waals surface area contributed by atoms with Crippen molar-refractivity contribution in [3.63, 3.8) is 0 Å². The van der Waals surface area contributed by atoms with Crippen LogP contribution in [0.25, 0.3) is 5.65 Å². The second-order valence-corrected chi connectivity index (χ2v) is 4.64. The van der Waals surface area contributed by atoms with Crippen molar-refractivity contribution in [2.45, 2.75) is 32.1 Å². The molecule has 0 spiro atoms. The minimum atomic E-state index is -0.807. The largest absolute Gasteiger partial charge is 0.481 e. The highest BCUT2D eigenvalue weighted by Crippen LogP contribution is 2.41. The van der Waals surface area contributed by atoms with Gasteiger partial charge in [0.25, 0.3) is 0 Å². The maximum atomic E-state index is 10.8. The van der Waals surface area contributed by atoms with E-state index in [9.17, 15) is 4.79 Å². The van der Waals surface area contributed by atoms with Gasteiger partial charge in [-0.25, -0.2) is 4.98 Å². The summed E-state index contributed by atoms with van der Waals surface area (Å²) in [5, 5.41) is 8.91. The first-order valence-electron chi connectivity index (χ1n) is 5.85. The van der Waals surface area contributed by atoms with Gasteiger partial charge in [0, 0.05) is 17.3 Å². The summed E-state index contributed by atoms with van der Waals surface area (Å²) in [5.74, 6) is -0.217. The van der Waals surface area contributed by atoms with Crippen molar-refractivity contribution in [1.82, 2.24) is 9.38 Å². The van der Waals surface area contributed by atoms with E-state index in [4.69, 9.17) is 5.11 Å². The van der Waals surface area contributed by atoms with Gasteiger partial charge in [0.05, 0.1) is 12.1 Å². The highest BCUT2D eigenvalue weighted by molar-refractivity contribution is 5.70. The number of aliphatic carboxylic acids is 1. The van der Waals surface area contributed by atoms with E-state index in [-0.39, 0.29) is 6.42 Å². The fourth-order valence-corrected chi connectivity index (χ4v) is 2.37. The SMILES string of the molecule is Cc1c(C2CC2)nc2cccc(CC(=O)O)n12. The third-order valence-corrected chi connectivity index (χ3v) is 3.29. The molecule has 0 aromatic carbocycles. The molecule has 0 unspecified atom stereocenters. The minimum absolute atomic E-state index is 0.0403. The molecule has 4 heteroatoms. The van der Waals surface area contributed by atoms with Crippen LogP contribution in [0.5, 0.6) is 0 Å². The number of imidazole rings is 1. The van der Waals surface area contributed by atoms with Crippen LogP contribution in [0.4, 0.5) is 0 Å². The molecular weight excluding hydrogens is 216 g/mol. The van der Waals surface area contributed by atoms with Crippen LogP contribution in [-0.4, -0.2) is 20.5 Å². The molecular formula is C13H14N2O2. The molecule has 1 N–H and O–H groups in total. The molecule has 1 aliphatic carbocycles. The van der Waals surface area contributed by atoms with Gasteiger partial charge in [-0.1, -0.05) is 6.07 Å². The Balaban J connectivity index is 2.19. The average Bonchev–Trinajstić information content (AvgIpc) is 3.04. The number of pyridine rings is 1. The fraction of sp³-hybridized carbons (Fsp3) is 0.385. The number of carbonyl (C=O) groups is 1. The van der Waals surface area contributed by atoms with Crippen LogP contribution < -0.4 is 0 Å². The molecule has 2 aromatic heterocycles. The fourth-order valence-electron chi connectivity index (χ4n) is 2.37. The molecule has 17 heavy (non-hydrogen) atoms. The Kier molecular flexibility index (Phi) is 2.18. The zero-order chi connectivity index (χ0) is 12.0. The summed E-state index contributed by atoms with van der Waals surface area (Å²) >= 11 is 0. The lowest BCUT2D eigenvalue weighted by Gasteiger charge is -2.04. The zero-order valence-electron chi connectivity index (χ0n) is 9.68. The van der Waals surface area contributed by atoms with Crippen LogP contribution in [0, 0.1) is 6.92 Å². The normalized spacial score (nSPS) is 15.4. The lowest BCUT2D eigenvalue weighted by molar-refractivity contribution is -0.136.